The number of sulfonamides is 1. The zero-order valence-electron chi connectivity index (χ0n) is 19.7. The lowest BCUT2D eigenvalue weighted by molar-refractivity contribution is -0.126. The zero-order chi connectivity index (χ0) is 23.8. The summed E-state index contributed by atoms with van der Waals surface area (Å²) in [5.74, 6) is 0.435. The van der Waals surface area contributed by atoms with Crippen LogP contribution in [0.25, 0.3) is 11.0 Å². The summed E-state index contributed by atoms with van der Waals surface area (Å²) in [6.07, 6.45) is 0.996. The lowest BCUT2D eigenvalue weighted by atomic mass is 9.87. The molecule has 0 spiro atoms. The van der Waals surface area contributed by atoms with Gasteiger partial charge in [-0.2, -0.15) is 4.31 Å². The van der Waals surface area contributed by atoms with E-state index in [0.29, 0.717) is 36.6 Å². The van der Waals surface area contributed by atoms with E-state index in [1.807, 2.05) is 49.4 Å². The summed E-state index contributed by atoms with van der Waals surface area (Å²) in [5.41, 5.74) is 1.85. The Morgan fingerprint density at radius 2 is 1.70 bits per heavy atom. The van der Waals surface area contributed by atoms with E-state index in [1.165, 1.54) is 4.31 Å². The maximum atomic E-state index is 13.1. The van der Waals surface area contributed by atoms with Gasteiger partial charge in [-0.3, -0.25) is 4.79 Å². The summed E-state index contributed by atoms with van der Waals surface area (Å²) >= 11 is 0. The van der Waals surface area contributed by atoms with E-state index in [-0.39, 0.29) is 23.3 Å². The molecule has 2 heterocycles. The van der Waals surface area contributed by atoms with E-state index < -0.39 is 10.0 Å². The number of carbonyl (C=O) groups is 1. The van der Waals surface area contributed by atoms with E-state index in [2.05, 4.69) is 26.1 Å². The van der Waals surface area contributed by atoms with Crippen LogP contribution >= 0.6 is 0 Å². The van der Waals surface area contributed by atoms with Crippen molar-refractivity contribution in [2.75, 3.05) is 13.1 Å². The normalized spacial score (nSPS) is 17.2. The molecule has 1 N–H and O–H groups in total. The second kappa shape index (κ2) is 8.95. The first-order valence-electron chi connectivity index (χ1n) is 11.5. The Bertz CT molecular complexity index is 1200. The molecule has 0 bridgehead atoms. The molecule has 1 unspecified atom stereocenters. The zero-order valence-corrected chi connectivity index (χ0v) is 20.5. The Kier molecular flexibility index (Phi) is 6.38. The smallest absolute Gasteiger partial charge is 0.243 e. The average Bonchev–Trinajstić information content (AvgIpc) is 3.23. The van der Waals surface area contributed by atoms with Crippen LogP contribution < -0.4 is 5.32 Å². The molecule has 1 aromatic heterocycles. The maximum absolute atomic E-state index is 13.1. The third kappa shape index (κ3) is 4.99. The highest BCUT2D eigenvalue weighted by Crippen LogP contribution is 2.28. The predicted octanol–water partition coefficient (Wildman–Crippen LogP) is 5.01. The SMILES string of the molecule is CC(NC(=O)C1CCN(S(=O)(=O)c2ccc(C(C)(C)C)cc2)CC1)c1cc2ccccc2o1. The molecular weight excluding hydrogens is 436 g/mol. The van der Waals surface area contributed by atoms with Crippen molar-refractivity contribution < 1.29 is 17.6 Å². The van der Waals surface area contributed by atoms with Gasteiger partial charge in [0.2, 0.25) is 15.9 Å². The minimum atomic E-state index is -3.57. The van der Waals surface area contributed by atoms with E-state index in [0.717, 1.165) is 16.5 Å². The van der Waals surface area contributed by atoms with Crippen LogP contribution in [0.2, 0.25) is 0 Å². The van der Waals surface area contributed by atoms with E-state index >= 15 is 0 Å². The molecular formula is C26H32N2O4S. The number of piperidine rings is 1. The number of nitrogens with zero attached hydrogens (tertiary/aromatic N) is 1. The standard InChI is InChI=1S/C26H32N2O4S/c1-18(24-17-20-7-5-6-8-23(20)32-24)27-25(29)19-13-15-28(16-14-19)33(30,31)22-11-9-21(10-12-22)26(2,3)4/h5-12,17-19H,13-16H2,1-4H3,(H,27,29). The fourth-order valence-corrected chi connectivity index (χ4v) is 5.72. The average molecular weight is 469 g/mol. The molecule has 3 aromatic rings. The van der Waals surface area contributed by atoms with Crippen molar-refractivity contribution in [3.63, 3.8) is 0 Å². The summed E-state index contributed by atoms with van der Waals surface area (Å²) in [4.78, 5) is 13.1. The number of rotatable bonds is 5. The molecule has 1 aliphatic rings. The predicted molar refractivity (Wildman–Crippen MR) is 129 cm³/mol. The van der Waals surface area contributed by atoms with Crippen molar-refractivity contribution in [3.05, 3.63) is 65.9 Å². The fourth-order valence-electron chi connectivity index (χ4n) is 4.25. The first-order chi connectivity index (χ1) is 15.6. The van der Waals surface area contributed by atoms with E-state index in [4.69, 9.17) is 4.42 Å². The molecule has 1 atom stereocenters. The lowest BCUT2D eigenvalue weighted by Crippen LogP contribution is -2.43. The summed E-state index contributed by atoms with van der Waals surface area (Å²) < 4.78 is 33.5. The molecule has 4 rings (SSSR count). The van der Waals surface area contributed by atoms with Gasteiger partial charge < -0.3 is 9.73 Å². The van der Waals surface area contributed by atoms with Gasteiger partial charge in [-0.25, -0.2) is 8.42 Å². The second-order valence-corrected chi connectivity index (χ2v) is 11.8. The number of carbonyl (C=O) groups excluding carboxylic acids is 1. The van der Waals surface area contributed by atoms with Gasteiger partial charge in [-0.15, -0.1) is 0 Å². The topological polar surface area (TPSA) is 79.6 Å². The molecule has 1 aliphatic heterocycles. The quantitative estimate of drug-likeness (QED) is 0.571. The molecule has 6 nitrogen and oxygen atoms in total. The Labute approximate surface area is 196 Å². The number of furan rings is 1. The summed E-state index contributed by atoms with van der Waals surface area (Å²) in [5, 5.41) is 4.03. The third-order valence-corrected chi connectivity index (χ3v) is 8.33. The van der Waals surface area contributed by atoms with Crippen LogP contribution in [0.4, 0.5) is 0 Å². The van der Waals surface area contributed by atoms with Crippen molar-refractivity contribution in [2.24, 2.45) is 5.92 Å². The van der Waals surface area contributed by atoms with Gasteiger partial charge >= 0.3 is 0 Å². The van der Waals surface area contributed by atoms with Gasteiger partial charge in [0.25, 0.3) is 0 Å². The van der Waals surface area contributed by atoms with Gasteiger partial charge in [0, 0.05) is 24.4 Å². The molecule has 1 amide bonds. The minimum absolute atomic E-state index is 0.0342. The van der Waals surface area contributed by atoms with Crippen molar-refractivity contribution in [2.45, 2.75) is 56.9 Å². The molecule has 176 valence electrons. The second-order valence-electron chi connectivity index (χ2n) is 9.87. The monoisotopic (exact) mass is 468 g/mol. The van der Waals surface area contributed by atoms with E-state index in [9.17, 15) is 13.2 Å². The van der Waals surface area contributed by atoms with Gasteiger partial charge in [0.1, 0.15) is 11.3 Å². The number of hydrogen-bond acceptors (Lipinski definition) is 4. The minimum Gasteiger partial charge on any atom is -0.459 e. The first-order valence-corrected chi connectivity index (χ1v) is 12.9. The number of nitrogens with one attached hydrogen (secondary N) is 1. The van der Waals surface area contributed by atoms with Crippen molar-refractivity contribution in [3.8, 4) is 0 Å². The molecule has 33 heavy (non-hydrogen) atoms. The molecule has 0 aliphatic carbocycles. The highest BCUT2D eigenvalue weighted by molar-refractivity contribution is 7.89. The number of benzene rings is 2. The van der Waals surface area contributed by atoms with Crippen LogP contribution in [0.1, 0.15) is 57.9 Å². The highest BCUT2D eigenvalue weighted by atomic mass is 32.2. The molecule has 0 radical (unpaired) electrons. The highest BCUT2D eigenvalue weighted by Gasteiger charge is 2.33. The Morgan fingerprint density at radius 3 is 2.30 bits per heavy atom. The van der Waals surface area contributed by atoms with Gasteiger partial charge in [-0.1, -0.05) is 51.1 Å². The largest absolute Gasteiger partial charge is 0.459 e. The van der Waals surface area contributed by atoms with Crippen LogP contribution in [0.3, 0.4) is 0 Å². The Balaban J connectivity index is 1.36. The summed E-state index contributed by atoms with van der Waals surface area (Å²) in [7, 11) is -3.57. The van der Waals surface area contributed by atoms with E-state index in [1.54, 1.807) is 12.1 Å². The van der Waals surface area contributed by atoms with Gasteiger partial charge in [0.05, 0.1) is 10.9 Å². The van der Waals surface area contributed by atoms with Crippen molar-refractivity contribution in [1.29, 1.82) is 0 Å². The van der Waals surface area contributed by atoms with Crippen LogP contribution in [0.5, 0.6) is 0 Å². The maximum Gasteiger partial charge on any atom is 0.243 e. The van der Waals surface area contributed by atoms with Crippen LogP contribution in [-0.2, 0) is 20.2 Å². The summed E-state index contributed by atoms with van der Waals surface area (Å²) in [6.45, 7) is 8.86. The van der Waals surface area contributed by atoms with Gasteiger partial charge in [-0.05, 0) is 55.0 Å². The Morgan fingerprint density at radius 1 is 1.06 bits per heavy atom. The molecule has 7 heteroatoms. The first kappa shape index (κ1) is 23.5. The molecule has 1 fully saturated rings. The number of hydrogen-bond donors (Lipinski definition) is 1. The third-order valence-electron chi connectivity index (χ3n) is 6.41. The lowest BCUT2D eigenvalue weighted by Gasteiger charge is -2.31. The van der Waals surface area contributed by atoms with Crippen LogP contribution in [-0.4, -0.2) is 31.7 Å². The molecule has 2 aromatic carbocycles. The van der Waals surface area contributed by atoms with Crippen LogP contribution in [0, 0.1) is 5.92 Å². The Hall–Kier alpha value is -2.64. The van der Waals surface area contributed by atoms with Crippen LogP contribution in [0.15, 0.2) is 63.9 Å². The fraction of sp³-hybridized carbons (Fsp3) is 0.423. The number of para-hydroxylation sites is 1. The summed E-state index contributed by atoms with van der Waals surface area (Å²) in [6, 6.07) is 16.6. The van der Waals surface area contributed by atoms with Gasteiger partial charge in [0.15, 0.2) is 0 Å². The molecule has 1 saturated heterocycles. The molecule has 0 saturated carbocycles. The number of amides is 1. The van der Waals surface area contributed by atoms with Crippen molar-refractivity contribution >= 4 is 26.9 Å². The number of fused-ring (bicyclic) bond motifs is 1. The van der Waals surface area contributed by atoms with Crippen molar-refractivity contribution in [1.82, 2.24) is 9.62 Å².